The summed E-state index contributed by atoms with van der Waals surface area (Å²) >= 11 is 5.81. The summed E-state index contributed by atoms with van der Waals surface area (Å²) < 4.78 is 1.51. The van der Waals surface area contributed by atoms with E-state index in [1.54, 1.807) is 25.3 Å². The van der Waals surface area contributed by atoms with Gasteiger partial charge in [-0.1, -0.05) is 17.7 Å². The van der Waals surface area contributed by atoms with Crippen LogP contribution in [0.15, 0.2) is 46.8 Å². The lowest BCUT2D eigenvalue weighted by molar-refractivity contribution is 0.0683. The van der Waals surface area contributed by atoms with E-state index in [4.69, 9.17) is 16.7 Å². The zero-order valence-electron chi connectivity index (χ0n) is 12.8. The molecule has 0 atom stereocenters. The van der Waals surface area contributed by atoms with Crippen molar-refractivity contribution < 1.29 is 19.8 Å². The molecule has 0 spiro atoms. The number of hydrogen-bond acceptors (Lipinski definition) is 5. The Labute approximate surface area is 146 Å². The molecule has 0 aliphatic carbocycles. The molecule has 2 heterocycles. The molecular formula is C16H11ClN4O4. The Morgan fingerprint density at radius 3 is 2.60 bits per heavy atom. The first-order valence-electron chi connectivity index (χ1n) is 7.04. The normalized spacial score (nSPS) is 11.3. The number of carboxylic acid groups (broad SMARTS) is 2. The lowest BCUT2D eigenvalue weighted by atomic mass is 10.2. The van der Waals surface area contributed by atoms with Crippen molar-refractivity contribution in [2.45, 2.75) is 6.92 Å². The molecule has 0 aliphatic rings. The summed E-state index contributed by atoms with van der Waals surface area (Å²) in [4.78, 5) is 26.6. The van der Waals surface area contributed by atoms with E-state index < -0.39 is 11.9 Å². The van der Waals surface area contributed by atoms with Crippen LogP contribution in [0, 0.1) is 6.92 Å². The second kappa shape index (κ2) is 6.33. The highest BCUT2D eigenvalue weighted by molar-refractivity contribution is 6.33. The first-order valence-corrected chi connectivity index (χ1v) is 7.42. The smallest absolute Gasteiger partial charge is 0.358 e. The standard InChI is InChI=1S/C16H11ClN4O4/c1-8-3-2-6-21-13(8)18-12(16(24)25)14(21)20-19-9-4-5-11(17)10(7-9)15(22)23/h2-7H,1H3,(H,22,23)(H,24,25). The van der Waals surface area contributed by atoms with Crippen LogP contribution in [-0.2, 0) is 0 Å². The van der Waals surface area contributed by atoms with Crippen LogP contribution in [-0.4, -0.2) is 31.5 Å². The number of fused-ring (bicyclic) bond motifs is 1. The van der Waals surface area contributed by atoms with Crippen molar-refractivity contribution >= 4 is 40.7 Å². The second-order valence-corrected chi connectivity index (χ2v) is 5.55. The summed E-state index contributed by atoms with van der Waals surface area (Å²) in [5.74, 6) is -2.39. The maximum atomic E-state index is 11.4. The number of rotatable bonds is 4. The van der Waals surface area contributed by atoms with Gasteiger partial charge in [0.1, 0.15) is 5.65 Å². The third kappa shape index (κ3) is 3.07. The molecule has 2 N–H and O–H groups in total. The average molecular weight is 359 g/mol. The van der Waals surface area contributed by atoms with Crippen LogP contribution in [0.25, 0.3) is 5.65 Å². The topological polar surface area (TPSA) is 117 Å². The fourth-order valence-electron chi connectivity index (χ4n) is 2.27. The number of aromatic carboxylic acids is 2. The highest BCUT2D eigenvalue weighted by atomic mass is 35.5. The van der Waals surface area contributed by atoms with E-state index in [2.05, 4.69) is 15.2 Å². The summed E-state index contributed by atoms with van der Waals surface area (Å²) in [5.41, 5.74) is 1.10. The number of imidazole rings is 1. The van der Waals surface area contributed by atoms with Gasteiger partial charge in [-0.05, 0) is 36.8 Å². The third-order valence-corrected chi connectivity index (χ3v) is 3.79. The van der Waals surface area contributed by atoms with E-state index in [-0.39, 0.29) is 27.8 Å². The molecule has 1 aromatic carbocycles. The molecule has 3 aromatic rings. The lowest BCUT2D eigenvalue weighted by Gasteiger charge is -2.00. The maximum absolute atomic E-state index is 11.4. The number of nitrogens with zero attached hydrogens (tertiary/aromatic N) is 4. The number of aromatic nitrogens is 2. The quantitative estimate of drug-likeness (QED) is 0.680. The van der Waals surface area contributed by atoms with E-state index in [9.17, 15) is 14.7 Å². The summed E-state index contributed by atoms with van der Waals surface area (Å²) in [6.45, 7) is 1.80. The van der Waals surface area contributed by atoms with Crippen LogP contribution in [0.4, 0.5) is 11.5 Å². The van der Waals surface area contributed by atoms with Gasteiger partial charge in [0.15, 0.2) is 11.5 Å². The average Bonchev–Trinajstić information content (AvgIpc) is 2.94. The predicted octanol–water partition coefficient (Wildman–Crippen LogP) is 4.11. The lowest BCUT2D eigenvalue weighted by Crippen LogP contribution is -1.97. The van der Waals surface area contributed by atoms with Gasteiger partial charge in [0.25, 0.3) is 0 Å². The van der Waals surface area contributed by atoms with Crippen molar-refractivity contribution in [3.63, 3.8) is 0 Å². The van der Waals surface area contributed by atoms with Gasteiger partial charge in [-0.2, -0.15) is 0 Å². The summed E-state index contributed by atoms with van der Waals surface area (Å²) in [6, 6.07) is 7.65. The fourth-order valence-corrected chi connectivity index (χ4v) is 2.47. The molecule has 2 aromatic heterocycles. The van der Waals surface area contributed by atoms with E-state index in [0.29, 0.717) is 5.65 Å². The maximum Gasteiger partial charge on any atom is 0.358 e. The highest BCUT2D eigenvalue weighted by Crippen LogP contribution is 2.27. The molecule has 8 nitrogen and oxygen atoms in total. The molecule has 3 rings (SSSR count). The van der Waals surface area contributed by atoms with Gasteiger partial charge >= 0.3 is 11.9 Å². The number of hydrogen-bond donors (Lipinski definition) is 2. The summed E-state index contributed by atoms with van der Waals surface area (Å²) in [7, 11) is 0. The van der Waals surface area contributed by atoms with Crippen LogP contribution in [0.5, 0.6) is 0 Å². The molecule has 25 heavy (non-hydrogen) atoms. The Bertz CT molecular complexity index is 1040. The van der Waals surface area contributed by atoms with Crippen LogP contribution in [0.1, 0.15) is 26.4 Å². The number of azo groups is 1. The monoisotopic (exact) mass is 358 g/mol. The van der Waals surface area contributed by atoms with Gasteiger partial charge in [-0.25, -0.2) is 14.6 Å². The van der Waals surface area contributed by atoms with Gasteiger partial charge in [0.2, 0.25) is 0 Å². The van der Waals surface area contributed by atoms with Gasteiger partial charge in [-0.3, -0.25) is 4.40 Å². The highest BCUT2D eigenvalue weighted by Gasteiger charge is 2.19. The molecule has 9 heteroatoms. The van der Waals surface area contributed by atoms with E-state index >= 15 is 0 Å². The Morgan fingerprint density at radius 1 is 1.16 bits per heavy atom. The Kier molecular flexibility index (Phi) is 4.20. The van der Waals surface area contributed by atoms with Crippen molar-refractivity contribution in [2.24, 2.45) is 10.2 Å². The minimum atomic E-state index is -1.24. The van der Waals surface area contributed by atoms with Gasteiger partial charge in [-0.15, -0.1) is 10.2 Å². The van der Waals surface area contributed by atoms with Crippen molar-refractivity contribution in [1.82, 2.24) is 9.38 Å². The minimum absolute atomic E-state index is 0.0398. The van der Waals surface area contributed by atoms with Crippen LogP contribution in [0.2, 0.25) is 5.02 Å². The molecule has 0 radical (unpaired) electrons. The number of benzene rings is 1. The molecule has 0 fully saturated rings. The van der Waals surface area contributed by atoms with E-state index in [1.807, 2.05) is 0 Å². The zero-order valence-corrected chi connectivity index (χ0v) is 13.6. The molecule has 0 bridgehead atoms. The molecular weight excluding hydrogens is 348 g/mol. The molecule has 0 unspecified atom stereocenters. The number of halogens is 1. The molecule has 0 saturated carbocycles. The Hall–Kier alpha value is -3.26. The Balaban J connectivity index is 2.12. The number of pyridine rings is 1. The van der Waals surface area contributed by atoms with E-state index in [1.165, 1.54) is 22.6 Å². The van der Waals surface area contributed by atoms with Crippen molar-refractivity contribution in [3.8, 4) is 0 Å². The minimum Gasteiger partial charge on any atom is -0.478 e. The molecule has 0 amide bonds. The van der Waals surface area contributed by atoms with Crippen LogP contribution in [0.3, 0.4) is 0 Å². The second-order valence-electron chi connectivity index (χ2n) is 5.14. The first kappa shape index (κ1) is 16.6. The van der Waals surface area contributed by atoms with Gasteiger partial charge in [0, 0.05) is 6.20 Å². The van der Waals surface area contributed by atoms with Crippen LogP contribution >= 0.6 is 11.6 Å². The molecule has 0 aliphatic heterocycles. The zero-order chi connectivity index (χ0) is 18.1. The summed E-state index contributed by atoms with van der Waals surface area (Å²) in [5, 5.41) is 26.4. The largest absolute Gasteiger partial charge is 0.478 e. The molecule has 0 saturated heterocycles. The van der Waals surface area contributed by atoms with Gasteiger partial charge < -0.3 is 10.2 Å². The number of aryl methyl sites for hydroxylation is 1. The fraction of sp³-hybridized carbons (Fsp3) is 0.0625. The van der Waals surface area contributed by atoms with Crippen molar-refractivity contribution in [3.05, 3.63) is 58.4 Å². The SMILES string of the molecule is Cc1cccn2c(N=Nc3ccc(Cl)c(C(=O)O)c3)c(C(=O)O)nc12. The van der Waals surface area contributed by atoms with E-state index in [0.717, 1.165) is 5.56 Å². The van der Waals surface area contributed by atoms with Gasteiger partial charge in [0.05, 0.1) is 16.3 Å². The van der Waals surface area contributed by atoms with Crippen LogP contribution < -0.4 is 0 Å². The van der Waals surface area contributed by atoms with Crippen molar-refractivity contribution in [1.29, 1.82) is 0 Å². The predicted molar refractivity (Wildman–Crippen MR) is 89.5 cm³/mol. The number of carbonyl (C=O) groups is 2. The Morgan fingerprint density at radius 2 is 1.92 bits per heavy atom. The third-order valence-electron chi connectivity index (χ3n) is 3.46. The number of carboxylic acids is 2. The molecule has 126 valence electrons. The van der Waals surface area contributed by atoms with Crippen molar-refractivity contribution in [2.75, 3.05) is 0 Å². The summed E-state index contributed by atoms with van der Waals surface area (Å²) in [6.07, 6.45) is 1.63. The first-order chi connectivity index (χ1) is 11.9.